The number of halogens is 2. The van der Waals surface area contributed by atoms with Crippen LogP contribution in [0.1, 0.15) is 25.5 Å². The average molecular weight is 283 g/mol. The number of hydrogen-bond donors (Lipinski definition) is 1. The molecule has 5 heteroatoms. The van der Waals surface area contributed by atoms with Gasteiger partial charge in [-0.05, 0) is 38.6 Å². The van der Waals surface area contributed by atoms with E-state index in [1.54, 1.807) is 6.07 Å². The summed E-state index contributed by atoms with van der Waals surface area (Å²) in [5.74, 6) is -1.67. The van der Waals surface area contributed by atoms with E-state index < -0.39 is 11.6 Å². The molecule has 1 aliphatic heterocycles. The van der Waals surface area contributed by atoms with E-state index in [-0.39, 0.29) is 6.04 Å². The Morgan fingerprint density at radius 1 is 1.20 bits per heavy atom. The molecule has 1 aromatic carbocycles. The van der Waals surface area contributed by atoms with E-state index in [0.29, 0.717) is 24.2 Å². The highest BCUT2D eigenvalue weighted by Crippen LogP contribution is 2.19. The topological polar surface area (TPSA) is 32.5 Å². The average Bonchev–Trinajstić information content (AvgIpc) is 2.39. The Kier molecular flexibility index (Phi) is 4.73. The van der Waals surface area contributed by atoms with Gasteiger partial charge in [-0.25, -0.2) is 8.78 Å². The Bertz CT molecular complexity index is 454. The summed E-state index contributed by atoms with van der Waals surface area (Å²) in [6.45, 7) is 6.92. The molecule has 2 rings (SSSR count). The number of nitrogens with two attached hydrogens (primary N) is 1. The second-order valence-electron chi connectivity index (χ2n) is 5.86. The van der Waals surface area contributed by atoms with Crippen LogP contribution >= 0.6 is 0 Å². The zero-order valence-electron chi connectivity index (χ0n) is 12.3. The first-order chi connectivity index (χ1) is 9.38. The number of nitrogens with zero attached hydrogens (tertiary/aromatic N) is 2. The van der Waals surface area contributed by atoms with Crippen molar-refractivity contribution in [3.05, 3.63) is 35.4 Å². The van der Waals surface area contributed by atoms with E-state index in [4.69, 9.17) is 5.73 Å². The Hall–Kier alpha value is -1.04. The van der Waals surface area contributed by atoms with Crippen molar-refractivity contribution in [2.45, 2.75) is 32.0 Å². The summed E-state index contributed by atoms with van der Waals surface area (Å²) in [4.78, 5) is 4.64. The first-order valence-electron chi connectivity index (χ1n) is 7.03. The molecule has 1 aromatic rings. The van der Waals surface area contributed by atoms with Crippen molar-refractivity contribution in [1.29, 1.82) is 0 Å². The quantitative estimate of drug-likeness (QED) is 0.921. The largest absolute Gasteiger partial charge is 0.323 e. The van der Waals surface area contributed by atoms with E-state index in [9.17, 15) is 8.78 Å². The maximum atomic E-state index is 13.2. The molecule has 1 fully saturated rings. The fourth-order valence-electron chi connectivity index (χ4n) is 2.79. The molecule has 1 aliphatic rings. The molecule has 1 heterocycles. The summed E-state index contributed by atoms with van der Waals surface area (Å²) < 4.78 is 26.2. The lowest BCUT2D eigenvalue weighted by atomic mass is 10.0. The highest BCUT2D eigenvalue weighted by Gasteiger charge is 2.27. The van der Waals surface area contributed by atoms with Gasteiger partial charge in [0.25, 0.3) is 0 Å². The number of benzene rings is 1. The van der Waals surface area contributed by atoms with Crippen LogP contribution in [0, 0.1) is 11.6 Å². The zero-order chi connectivity index (χ0) is 14.9. The fraction of sp³-hybridized carbons (Fsp3) is 0.600. The van der Waals surface area contributed by atoms with Gasteiger partial charge in [-0.2, -0.15) is 0 Å². The molecule has 1 saturated heterocycles. The van der Waals surface area contributed by atoms with Gasteiger partial charge in [0.15, 0.2) is 11.6 Å². The minimum absolute atomic E-state index is 0.298. The number of rotatable bonds is 3. The molecule has 0 radical (unpaired) electrons. The van der Waals surface area contributed by atoms with Crippen molar-refractivity contribution >= 4 is 0 Å². The highest BCUT2D eigenvalue weighted by molar-refractivity contribution is 5.21. The van der Waals surface area contributed by atoms with E-state index in [2.05, 4.69) is 30.7 Å². The second-order valence-corrected chi connectivity index (χ2v) is 5.86. The van der Waals surface area contributed by atoms with E-state index in [1.165, 1.54) is 6.07 Å². The van der Waals surface area contributed by atoms with Crippen LogP contribution in [0.5, 0.6) is 0 Å². The molecule has 0 bridgehead atoms. The molecule has 112 valence electrons. The van der Waals surface area contributed by atoms with Gasteiger partial charge < -0.3 is 5.73 Å². The van der Waals surface area contributed by atoms with Crippen molar-refractivity contribution in [2.75, 3.05) is 26.7 Å². The van der Waals surface area contributed by atoms with Crippen LogP contribution in [0.4, 0.5) is 8.78 Å². The zero-order valence-corrected chi connectivity index (χ0v) is 12.3. The minimum atomic E-state index is -0.835. The van der Waals surface area contributed by atoms with Gasteiger partial charge in [0.05, 0.1) is 0 Å². The lowest BCUT2D eigenvalue weighted by Crippen LogP contribution is -2.55. The van der Waals surface area contributed by atoms with Crippen LogP contribution in [-0.2, 0) is 0 Å². The first-order valence-corrected chi connectivity index (χ1v) is 7.03. The summed E-state index contributed by atoms with van der Waals surface area (Å²) in [7, 11) is 2.13. The van der Waals surface area contributed by atoms with Gasteiger partial charge in [0, 0.05) is 37.8 Å². The molecular weight excluding hydrogens is 260 g/mol. The van der Waals surface area contributed by atoms with Gasteiger partial charge in [-0.1, -0.05) is 6.07 Å². The lowest BCUT2D eigenvalue weighted by Gasteiger charge is -2.43. The number of hydrogen-bond acceptors (Lipinski definition) is 3. The maximum Gasteiger partial charge on any atom is 0.159 e. The third-order valence-electron chi connectivity index (χ3n) is 4.26. The summed E-state index contributed by atoms with van der Waals surface area (Å²) in [6, 6.07) is 4.54. The standard InChI is InChI=1S/C15H23F2N3/c1-10-7-20(8-11(2)19(10)3)9-15(18)12-4-5-13(16)14(17)6-12/h4-6,10-11,15H,7-9,18H2,1-3H3. The van der Waals surface area contributed by atoms with Crippen molar-refractivity contribution < 1.29 is 8.78 Å². The van der Waals surface area contributed by atoms with Crippen LogP contribution in [-0.4, -0.2) is 48.6 Å². The predicted octanol–water partition coefficient (Wildman–Crippen LogP) is 1.99. The second kappa shape index (κ2) is 6.16. The van der Waals surface area contributed by atoms with Crippen molar-refractivity contribution in [1.82, 2.24) is 9.80 Å². The number of piperazine rings is 1. The smallest absolute Gasteiger partial charge is 0.159 e. The Balaban J connectivity index is 2.00. The predicted molar refractivity (Wildman–Crippen MR) is 76.4 cm³/mol. The molecule has 3 atom stereocenters. The molecule has 3 nitrogen and oxygen atoms in total. The van der Waals surface area contributed by atoms with Gasteiger partial charge in [0.2, 0.25) is 0 Å². The van der Waals surface area contributed by atoms with Crippen molar-refractivity contribution in [2.24, 2.45) is 5.73 Å². The molecule has 0 saturated carbocycles. The third-order valence-corrected chi connectivity index (χ3v) is 4.26. The third kappa shape index (κ3) is 3.34. The van der Waals surface area contributed by atoms with Gasteiger partial charge >= 0.3 is 0 Å². The summed E-state index contributed by atoms with van der Waals surface area (Å²) in [6.07, 6.45) is 0. The van der Waals surface area contributed by atoms with Crippen LogP contribution in [0.3, 0.4) is 0 Å². The van der Waals surface area contributed by atoms with E-state index >= 15 is 0 Å². The van der Waals surface area contributed by atoms with E-state index in [1.807, 2.05) is 0 Å². The normalized spacial score (nSPS) is 26.7. The molecule has 0 aromatic heterocycles. The molecule has 0 amide bonds. The summed E-state index contributed by atoms with van der Waals surface area (Å²) in [5, 5.41) is 0. The van der Waals surface area contributed by atoms with E-state index in [0.717, 1.165) is 19.2 Å². The van der Waals surface area contributed by atoms with Crippen LogP contribution in [0.2, 0.25) is 0 Å². The number of likely N-dealkylation sites (N-methyl/N-ethyl adjacent to an activating group) is 1. The minimum Gasteiger partial charge on any atom is -0.323 e. The maximum absolute atomic E-state index is 13.2. The van der Waals surface area contributed by atoms with Crippen molar-refractivity contribution in [3.8, 4) is 0 Å². The Morgan fingerprint density at radius 2 is 1.80 bits per heavy atom. The molecule has 20 heavy (non-hydrogen) atoms. The molecule has 0 aliphatic carbocycles. The van der Waals surface area contributed by atoms with Crippen molar-refractivity contribution in [3.63, 3.8) is 0 Å². The van der Waals surface area contributed by atoms with Crippen LogP contribution in [0.15, 0.2) is 18.2 Å². The van der Waals surface area contributed by atoms with Gasteiger partial charge in [-0.3, -0.25) is 9.80 Å². The van der Waals surface area contributed by atoms with Crippen LogP contribution < -0.4 is 5.73 Å². The Morgan fingerprint density at radius 3 is 2.35 bits per heavy atom. The summed E-state index contributed by atoms with van der Waals surface area (Å²) >= 11 is 0. The lowest BCUT2D eigenvalue weighted by molar-refractivity contribution is 0.0566. The van der Waals surface area contributed by atoms with Gasteiger partial charge in [0.1, 0.15) is 0 Å². The fourth-order valence-corrected chi connectivity index (χ4v) is 2.79. The SMILES string of the molecule is CC1CN(CC(N)c2ccc(F)c(F)c2)CC(C)N1C. The van der Waals surface area contributed by atoms with Crippen LogP contribution in [0.25, 0.3) is 0 Å². The summed E-state index contributed by atoms with van der Waals surface area (Å²) in [5.41, 5.74) is 6.77. The van der Waals surface area contributed by atoms with Gasteiger partial charge in [-0.15, -0.1) is 0 Å². The highest BCUT2D eigenvalue weighted by atomic mass is 19.2. The molecular formula is C15H23F2N3. The monoisotopic (exact) mass is 283 g/mol. The molecule has 0 spiro atoms. The molecule has 2 N–H and O–H groups in total. The molecule has 3 unspecified atom stereocenters. The first kappa shape index (κ1) is 15.4. The Labute approximate surface area is 119 Å².